The Bertz CT molecular complexity index is 552. The SMILES string of the molecule is NC(=O)c1cnc(NC(=O)C2CC3(CCC2N)CC3)s1. The number of aromatic nitrogens is 1. The van der Waals surface area contributed by atoms with Crippen molar-refractivity contribution < 1.29 is 9.59 Å². The van der Waals surface area contributed by atoms with Crippen LogP contribution in [-0.2, 0) is 4.79 Å². The second-order valence-electron chi connectivity index (χ2n) is 5.90. The van der Waals surface area contributed by atoms with Crippen molar-refractivity contribution in [2.45, 2.75) is 38.1 Å². The molecule has 1 aromatic heterocycles. The highest BCUT2D eigenvalue weighted by Crippen LogP contribution is 2.57. The molecule has 2 amide bonds. The summed E-state index contributed by atoms with van der Waals surface area (Å²) < 4.78 is 0. The number of nitrogens with one attached hydrogen (secondary N) is 1. The normalized spacial score (nSPS) is 27.2. The molecule has 0 saturated heterocycles. The second kappa shape index (κ2) is 4.82. The van der Waals surface area contributed by atoms with E-state index in [-0.39, 0.29) is 17.9 Å². The quantitative estimate of drug-likeness (QED) is 0.774. The minimum atomic E-state index is -0.533. The molecule has 20 heavy (non-hydrogen) atoms. The van der Waals surface area contributed by atoms with Gasteiger partial charge in [0.2, 0.25) is 5.91 Å². The van der Waals surface area contributed by atoms with E-state index in [1.54, 1.807) is 0 Å². The minimum absolute atomic E-state index is 0.0863. The van der Waals surface area contributed by atoms with Gasteiger partial charge in [-0.25, -0.2) is 4.98 Å². The van der Waals surface area contributed by atoms with Crippen LogP contribution in [0.3, 0.4) is 0 Å². The number of primary amides is 1. The third-order valence-corrected chi connectivity index (χ3v) is 5.38. The highest BCUT2D eigenvalue weighted by atomic mass is 32.1. The van der Waals surface area contributed by atoms with E-state index in [0.29, 0.717) is 15.4 Å². The van der Waals surface area contributed by atoms with Crippen LogP contribution < -0.4 is 16.8 Å². The lowest BCUT2D eigenvalue weighted by molar-refractivity contribution is -0.122. The van der Waals surface area contributed by atoms with E-state index in [4.69, 9.17) is 11.5 Å². The van der Waals surface area contributed by atoms with Crippen LogP contribution in [0.2, 0.25) is 0 Å². The molecule has 6 nitrogen and oxygen atoms in total. The fraction of sp³-hybridized carbons (Fsp3) is 0.615. The van der Waals surface area contributed by atoms with Gasteiger partial charge in [-0.1, -0.05) is 11.3 Å². The minimum Gasteiger partial charge on any atom is -0.365 e. The predicted octanol–water partition coefficient (Wildman–Crippen LogP) is 1.09. The number of anilines is 1. The zero-order chi connectivity index (χ0) is 14.3. The largest absolute Gasteiger partial charge is 0.365 e. The molecular formula is C13H18N4O2S. The monoisotopic (exact) mass is 294 g/mol. The Labute approximate surface area is 120 Å². The van der Waals surface area contributed by atoms with Crippen molar-refractivity contribution in [3.8, 4) is 0 Å². The van der Waals surface area contributed by atoms with Crippen molar-refractivity contribution >= 4 is 28.3 Å². The topological polar surface area (TPSA) is 111 Å². The lowest BCUT2D eigenvalue weighted by Gasteiger charge is -2.33. The van der Waals surface area contributed by atoms with E-state index in [0.717, 1.165) is 30.6 Å². The van der Waals surface area contributed by atoms with Crippen LogP contribution in [0.4, 0.5) is 5.13 Å². The maximum absolute atomic E-state index is 12.3. The first-order chi connectivity index (χ1) is 9.49. The van der Waals surface area contributed by atoms with Crippen molar-refractivity contribution in [1.29, 1.82) is 0 Å². The van der Waals surface area contributed by atoms with Crippen molar-refractivity contribution in [2.75, 3.05) is 5.32 Å². The van der Waals surface area contributed by atoms with E-state index in [1.165, 1.54) is 19.0 Å². The summed E-state index contributed by atoms with van der Waals surface area (Å²) in [4.78, 5) is 27.7. The van der Waals surface area contributed by atoms with Crippen molar-refractivity contribution in [3.63, 3.8) is 0 Å². The summed E-state index contributed by atoms with van der Waals surface area (Å²) in [6.07, 6.45) is 6.72. The van der Waals surface area contributed by atoms with Gasteiger partial charge in [0.05, 0.1) is 12.1 Å². The molecule has 0 radical (unpaired) electrons. The summed E-state index contributed by atoms with van der Waals surface area (Å²) in [6.45, 7) is 0. The lowest BCUT2D eigenvalue weighted by atomic mass is 9.76. The molecule has 2 atom stereocenters. The van der Waals surface area contributed by atoms with E-state index in [2.05, 4.69) is 10.3 Å². The van der Waals surface area contributed by atoms with E-state index >= 15 is 0 Å². The molecule has 3 rings (SSSR count). The van der Waals surface area contributed by atoms with Gasteiger partial charge in [0.25, 0.3) is 5.91 Å². The van der Waals surface area contributed by atoms with Crippen LogP contribution in [-0.4, -0.2) is 22.8 Å². The molecular weight excluding hydrogens is 276 g/mol. The molecule has 1 aromatic rings. The van der Waals surface area contributed by atoms with E-state index in [9.17, 15) is 9.59 Å². The first-order valence-electron chi connectivity index (χ1n) is 6.81. The van der Waals surface area contributed by atoms with Crippen LogP contribution in [0.25, 0.3) is 0 Å². The lowest BCUT2D eigenvalue weighted by Crippen LogP contribution is -2.43. The molecule has 7 heteroatoms. The standard InChI is InChI=1S/C13H18N4O2S/c14-8-1-2-13(3-4-13)5-7(8)11(19)17-12-16-6-9(20-12)10(15)18/h6-8H,1-5,14H2,(H2,15,18)(H,16,17,19). The fourth-order valence-electron chi connectivity index (χ4n) is 2.96. The number of amides is 2. The number of nitrogens with two attached hydrogens (primary N) is 2. The summed E-state index contributed by atoms with van der Waals surface area (Å²) in [5.74, 6) is -0.782. The zero-order valence-corrected chi connectivity index (χ0v) is 11.9. The van der Waals surface area contributed by atoms with Crippen LogP contribution in [0, 0.1) is 11.3 Å². The third-order valence-electron chi connectivity index (χ3n) is 4.45. The molecule has 2 unspecified atom stereocenters. The van der Waals surface area contributed by atoms with Crippen molar-refractivity contribution in [1.82, 2.24) is 4.98 Å². The van der Waals surface area contributed by atoms with Gasteiger partial charge in [0.1, 0.15) is 4.88 Å². The highest BCUT2D eigenvalue weighted by Gasteiger charge is 2.49. The third kappa shape index (κ3) is 2.55. The van der Waals surface area contributed by atoms with Gasteiger partial charge in [0.15, 0.2) is 5.13 Å². The predicted molar refractivity (Wildman–Crippen MR) is 76.2 cm³/mol. The Morgan fingerprint density at radius 2 is 2.15 bits per heavy atom. The molecule has 0 aromatic carbocycles. The molecule has 1 spiro atoms. The molecule has 5 N–H and O–H groups in total. The number of nitrogens with zero attached hydrogens (tertiary/aromatic N) is 1. The fourth-order valence-corrected chi connectivity index (χ4v) is 3.63. The van der Waals surface area contributed by atoms with Crippen LogP contribution >= 0.6 is 11.3 Å². The zero-order valence-electron chi connectivity index (χ0n) is 11.1. The summed E-state index contributed by atoms with van der Waals surface area (Å²) in [5, 5.41) is 3.17. The van der Waals surface area contributed by atoms with Gasteiger partial charge in [0, 0.05) is 6.04 Å². The van der Waals surface area contributed by atoms with Crippen molar-refractivity contribution in [3.05, 3.63) is 11.1 Å². The van der Waals surface area contributed by atoms with Gasteiger partial charge in [-0.2, -0.15) is 0 Å². The van der Waals surface area contributed by atoms with Gasteiger partial charge in [-0.05, 0) is 37.5 Å². The van der Waals surface area contributed by atoms with Gasteiger partial charge >= 0.3 is 0 Å². The summed E-state index contributed by atoms with van der Waals surface area (Å²) >= 11 is 1.09. The number of rotatable bonds is 3. The maximum Gasteiger partial charge on any atom is 0.260 e. The molecule has 0 aliphatic heterocycles. The number of carbonyl (C=O) groups is 2. The number of carbonyl (C=O) groups excluding carboxylic acids is 2. The van der Waals surface area contributed by atoms with Gasteiger partial charge < -0.3 is 16.8 Å². The Kier molecular flexibility index (Phi) is 3.25. The molecule has 0 bridgehead atoms. The van der Waals surface area contributed by atoms with Crippen LogP contribution in [0.1, 0.15) is 41.8 Å². The molecule has 2 aliphatic carbocycles. The van der Waals surface area contributed by atoms with Gasteiger partial charge in [-0.3, -0.25) is 9.59 Å². The molecule has 2 aliphatic rings. The van der Waals surface area contributed by atoms with Gasteiger partial charge in [-0.15, -0.1) is 0 Å². The second-order valence-corrected chi connectivity index (χ2v) is 6.93. The maximum atomic E-state index is 12.3. The molecule has 108 valence electrons. The molecule has 2 saturated carbocycles. The van der Waals surface area contributed by atoms with E-state index < -0.39 is 5.91 Å². The summed E-state index contributed by atoms with van der Waals surface area (Å²) in [5.41, 5.74) is 11.6. The Balaban J connectivity index is 1.66. The van der Waals surface area contributed by atoms with Crippen LogP contribution in [0.5, 0.6) is 0 Å². The first-order valence-corrected chi connectivity index (χ1v) is 7.63. The smallest absolute Gasteiger partial charge is 0.260 e. The molecule has 1 heterocycles. The summed E-state index contributed by atoms with van der Waals surface area (Å²) in [7, 11) is 0. The number of hydrogen-bond acceptors (Lipinski definition) is 5. The number of thiazole rings is 1. The van der Waals surface area contributed by atoms with Crippen LogP contribution in [0.15, 0.2) is 6.20 Å². The van der Waals surface area contributed by atoms with E-state index in [1.807, 2.05) is 0 Å². The average Bonchev–Trinajstić information content (AvgIpc) is 2.99. The molecule has 2 fully saturated rings. The first kappa shape index (κ1) is 13.5. The Morgan fingerprint density at radius 1 is 1.40 bits per heavy atom. The highest BCUT2D eigenvalue weighted by molar-refractivity contribution is 7.17. The number of hydrogen-bond donors (Lipinski definition) is 3. The summed E-state index contributed by atoms with van der Waals surface area (Å²) in [6, 6.07) is -0.0863. The average molecular weight is 294 g/mol. The Hall–Kier alpha value is -1.47. The Morgan fingerprint density at radius 3 is 2.75 bits per heavy atom. The van der Waals surface area contributed by atoms with Crippen molar-refractivity contribution in [2.24, 2.45) is 22.8 Å².